The van der Waals surface area contributed by atoms with E-state index in [9.17, 15) is 120 Å². The first-order valence-corrected chi connectivity index (χ1v) is 45.5. The molecule has 47 nitrogen and oxygen atoms in total. The molecule has 47 heteroatoms. The third-order valence-electron chi connectivity index (χ3n) is 22.6. The van der Waals surface area contributed by atoms with Gasteiger partial charge in [-0.25, -0.2) is 0 Å². The Kier molecular flexibility index (Phi) is 43.2. The van der Waals surface area contributed by atoms with E-state index < -0.39 is 290 Å². The first kappa shape index (κ1) is 120. The third-order valence-corrected chi connectivity index (χ3v) is 22.6. The molecule has 0 spiro atoms. The lowest BCUT2D eigenvalue weighted by atomic mass is 9.96. The van der Waals surface area contributed by atoms with Crippen molar-refractivity contribution in [2.45, 2.75) is 381 Å². The number of nitrogens with two attached hydrogens (primary N) is 2. The maximum atomic E-state index is 14.5. The number of carbonyl (C=O) groups excluding carboxylic acids is 22. The molecule has 2 saturated heterocycles. The monoisotopic (exact) mass is 1930 g/mol. The average molecular weight is 1930 g/mol. The van der Waals surface area contributed by atoms with Crippen LogP contribution in [-0.4, -0.2) is 292 Å². The lowest BCUT2D eigenvalue weighted by Gasteiger charge is -2.36. The summed E-state index contributed by atoms with van der Waals surface area (Å²) in [5.41, 5.74) is -7.01. The number of carbonyl (C=O) groups is 23. The molecule has 0 radical (unpaired) electrons. The number of primary amides is 2. The highest BCUT2D eigenvalue weighted by Crippen LogP contribution is 2.27. The SMILES string of the molecule is CC(=O)NC(C)(C)C(=O)N1CCC[C@H]1C(=O)NC(C)(C)C(=O)N[C@@H](C)C(=O)NC(C)(C)C(=O)NC(C)(C)C(=O)N[C@H](CCC(N)=O)C(=O)NC(C)(C)C(=O)N[C@@H](CC(C)C)C(=O)NC(C)(C)C(=O)NCC(=O)NC(C)(C)C(=O)NC(C)(C)C(=O)N1CCC[C@H]1C(=O)N[C@H](C(=O)NC(C)(C)C(=O)NC(C)(C)C(=O)N[C@@H](CCC(=O)O)C(=O)N[C@@H](CCC(N)=O)C(=O)N[C@H](CO)CC(C)C)C(C)C. The predicted molar refractivity (Wildman–Crippen MR) is 494 cm³/mol. The van der Waals surface area contributed by atoms with Gasteiger partial charge in [-0.15, -0.1) is 0 Å². The third kappa shape index (κ3) is 36.8. The molecule has 2 aliphatic rings. The summed E-state index contributed by atoms with van der Waals surface area (Å²) in [6, 6.07) is -11.7. The van der Waals surface area contributed by atoms with Crippen LogP contribution in [0.25, 0.3) is 0 Å². The van der Waals surface area contributed by atoms with Gasteiger partial charge in [-0.2, -0.15) is 0 Å². The molecule has 0 aliphatic carbocycles. The van der Waals surface area contributed by atoms with Gasteiger partial charge in [0.25, 0.3) is 0 Å². The number of nitrogens with zero attached hydrogens (tertiary/aromatic N) is 2. The molecule has 2 heterocycles. The molecule has 9 atom stereocenters. The van der Waals surface area contributed by atoms with Crippen molar-refractivity contribution in [1.29, 1.82) is 0 Å². The van der Waals surface area contributed by atoms with Crippen molar-refractivity contribution < 1.29 is 120 Å². The number of nitrogens with one attached hydrogen (secondary N) is 18. The Balaban J connectivity index is 2.16. The Morgan fingerprint density at radius 3 is 1.10 bits per heavy atom. The number of carboxylic acid groups (broad SMARTS) is 1. The normalized spacial score (nSPS) is 16.1. The first-order valence-electron chi connectivity index (χ1n) is 45.5. The molecule has 0 bridgehead atoms. The molecule has 136 heavy (non-hydrogen) atoms. The Labute approximate surface area is 794 Å². The molecule has 0 aromatic rings. The van der Waals surface area contributed by atoms with E-state index in [0.29, 0.717) is 19.3 Å². The van der Waals surface area contributed by atoms with Gasteiger partial charge in [-0.05, 0) is 221 Å². The van der Waals surface area contributed by atoms with Crippen molar-refractivity contribution in [3.05, 3.63) is 0 Å². The van der Waals surface area contributed by atoms with Crippen LogP contribution in [-0.2, 0) is 110 Å². The topological polar surface area (TPSA) is 708 Å². The van der Waals surface area contributed by atoms with E-state index in [0.717, 1.165) is 0 Å². The number of hydrogen-bond donors (Lipinski definition) is 22. The Hall–Kier alpha value is -12.2. The number of hydrogen-bond acceptors (Lipinski definition) is 24. The second-order valence-electron chi connectivity index (χ2n) is 41.4. The van der Waals surface area contributed by atoms with Gasteiger partial charge in [0.1, 0.15) is 104 Å². The van der Waals surface area contributed by atoms with Crippen LogP contribution in [0, 0.1) is 17.8 Å². The van der Waals surface area contributed by atoms with Crippen LogP contribution in [0.15, 0.2) is 0 Å². The average Bonchev–Trinajstić information content (AvgIpc) is 1.63. The van der Waals surface area contributed by atoms with Crippen molar-refractivity contribution in [3.63, 3.8) is 0 Å². The van der Waals surface area contributed by atoms with E-state index in [1.807, 2.05) is 13.8 Å². The lowest BCUT2D eigenvalue weighted by molar-refractivity contribution is -0.146. The molecular formula is C89H152N22O25. The van der Waals surface area contributed by atoms with E-state index in [1.165, 1.54) is 162 Å². The molecule has 0 aromatic carbocycles. The zero-order valence-corrected chi connectivity index (χ0v) is 84.1. The van der Waals surface area contributed by atoms with E-state index in [1.54, 1.807) is 27.7 Å². The van der Waals surface area contributed by atoms with E-state index in [2.05, 4.69) is 95.7 Å². The van der Waals surface area contributed by atoms with Gasteiger partial charge in [0.2, 0.25) is 130 Å². The van der Waals surface area contributed by atoms with Crippen molar-refractivity contribution in [1.82, 2.24) is 106 Å². The summed E-state index contributed by atoms with van der Waals surface area (Å²) in [6.07, 6.45) is -1.30. The van der Waals surface area contributed by atoms with Gasteiger partial charge >= 0.3 is 5.97 Å². The molecule has 0 aromatic heterocycles. The van der Waals surface area contributed by atoms with Crippen LogP contribution >= 0.6 is 0 Å². The fourth-order valence-electron chi connectivity index (χ4n) is 14.3. The molecule has 768 valence electrons. The minimum Gasteiger partial charge on any atom is -0.481 e. The Morgan fingerprint density at radius 1 is 0.346 bits per heavy atom. The van der Waals surface area contributed by atoms with Crippen LogP contribution < -0.4 is 107 Å². The standard InChI is InChI=1S/C89H152N22O25/c1-45(2)41-50(44-112)94-63(120)51(33-36-57(90)114)95-64(121)52(35-38-60(117)118)96-73(130)83(15,16)108-77(134)87(23,24)106-69(126)61(47(5)6)99-67(124)55-31-29-39-110(55)79(136)89(27,28)109-75(132)85(19,20)101-59(116)43-92-70(127)80(9,10)104-66(123)54(42-46(3)4)98-72(129)82(13,14)103-65(122)53(34-37-58(91)115)97-74(131)84(17,18)107-76(133)86(21,22)102-62(119)48(7)93-71(128)81(11,12)105-68(125)56-32-30-40-111(56)78(135)88(25,26)100-49(8)113/h45-48,50-56,61,112H,29-44H2,1-28H3,(H2,90,114)(H2,91,115)(H,92,127)(H,93,128)(H,94,120)(H,95,121)(H,96,130)(H,97,131)(H,98,129)(H,99,124)(H,100,113)(H,101,116)(H,102,119)(H,103,122)(H,104,123)(H,105,125)(H,106,126)(H,107,133)(H,108,134)(H,109,132)(H,117,118)/t48-,50-,51-,52-,53+,54-,55-,56-,61-/m0/s1. The van der Waals surface area contributed by atoms with Crippen LogP contribution in [0.1, 0.15) is 271 Å². The highest BCUT2D eigenvalue weighted by Gasteiger charge is 2.50. The maximum absolute atomic E-state index is 14.5. The van der Waals surface area contributed by atoms with Gasteiger partial charge in [-0.1, -0.05) is 41.5 Å². The summed E-state index contributed by atoms with van der Waals surface area (Å²) >= 11 is 0. The molecule has 22 amide bonds. The van der Waals surface area contributed by atoms with Crippen LogP contribution in [0.2, 0.25) is 0 Å². The molecular weight excluding hydrogens is 1780 g/mol. The molecule has 2 fully saturated rings. The van der Waals surface area contributed by atoms with Crippen LogP contribution in [0.3, 0.4) is 0 Å². The fraction of sp³-hybridized carbons (Fsp3) is 0.742. The Morgan fingerprint density at radius 2 is 0.684 bits per heavy atom. The number of aliphatic hydroxyl groups excluding tert-OH is 1. The number of aliphatic hydroxyl groups is 1. The second kappa shape index (κ2) is 49.0. The molecule has 24 N–H and O–H groups in total. The van der Waals surface area contributed by atoms with Crippen molar-refractivity contribution in [2.24, 2.45) is 29.2 Å². The van der Waals surface area contributed by atoms with E-state index >= 15 is 0 Å². The van der Waals surface area contributed by atoms with Crippen molar-refractivity contribution in [2.75, 3.05) is 26.2 Å². The second-order valence-corrected chi connectivity index (χ2v) is 41.4. The van der Waals surface area contributed by atoms with Gasteiger partial charge < -0.3 is 127 Å². The number of likely N-dealkylation sites (tertiary alicyclic amines) is 2. The summed E-state index contributed by atoms with van der Waals surface area (Å²) in [5, 5.41) is 65.1. The van der Waals surface area contributed by atoms with Crippen molar-refractivity contribution in [3.8, 4) is 0 Å². The quantitative estimate of drug-likeness (QED) is 0.0273. The predicted octanol–water partition coefficient (Wildman–Crippen LogP) is -4.40. The largest absolute Gasteiger partial charge is 0.481 e. The maximum Gasteiger partial charge on any atom is 0.303 e. The van der Waals surface area contributed by atoms with E-state index in [4.69, 9.17) is 11.5 Å². The lowest BCUT2D eigenvalue weighted by Crippen LogP contribution is -2.67. The summed E-state index contributed by atoms with van der Waals surface area (Å²) in [6.45, 7) is 38.2. The summed E-state index contributed by atoms with van der Waals surface area (Å²) < 4.78 is 0. The fourth-order valence-corrected chi connectivity index (χ4v) is 14.3. The van der Waals surface area contributed by atoms with E-state index in [-0.39, 0.29) is 57.0 Å². The minimum absolute atomic E-state index is 0.0197. The van der Waals surface area contributed by atoms with Gasteiger partial charge in [-0.3, -0.25) is 110 Å². The van der Waals surface area contributed by atoms with Crippen molar-refractivity contribution >= 4 is 136 Å². The van der Waals surface area contributed by atoms with Crippen LogP contribution in [0.5, 0.6) is 0 Å². The zero-order chi connectivity index (χ0) is 105. The molecule has 0 unspecified atom stereocenters. The Bertz CT molecular complexity index is 4470. The number of aliphatic carboxylic acids is 1. The smallest absolute Gasteiger partial charge is 0.303 e. The summed E-state index contributed by atoms with van der Waals surface area (Å²) in [5.74, 6) is -21.0. The molecule has 2 rings (SSSR count). The first-order chi connectivity index (χ1) is 61.8. The minimum atomic E-state index is -1.92. The number of rotatable bonds is 52. The summed E-state index contributed by atoms with van der Waals surface area (Å²) in [4.78, 5) is 315. The van der Waals surface area contributed by atoms with Gasteiger partial charge in [0.15, 0.2) is 0 Å². The molecule has 2 aliphatic heterocycles. The highest BCUT2D eigenvalue weighted by atomic mass is 16.4. The molecule has 0 saturated carbocycles. The van der Waals surface area contributed by atoms with Gasteiger partial charge in [0, 0.05) is 39.3 Å². The highest BCUT2D eigenvalue weighted by molar-refractivity contribution is 6.05. The van der Waals surface area contributed by atoms with Crippen LogP contribution in [0.4, 0.5) is 0 Å². The van der Waals surface area contributed by atoms with Gasteiger partial charge in [0.05, 0.1) is 19.2 Å². The summed E-state index contributed by atoms with van der Waals surface area (Å²) in [7, 11) is 0. The number of amides is 22. The zero-order valence-electron chi connectivity index (χ0n) is 84.1. The number of carboxylic acids is 1.